The van der Waals surface area contributed by atoms with E-state index in [1.165, 1.54) is 32.1 Å². The molecule has 1 saturated heterocycles. The quantitative estimate of drug-likeness (QED) is 0.625. The lowest BCUT2D eigenvalue weighted by molar-refractivity contribution is -0.0891. The van der Waals surface area contributed by atoms with Crippen molar-refractivity contribution in [1.29, 1.82) is 0 Å². The van der Waals surface area contributed by atoms with Crippen molar-refractivity contribution in [1.82, 2.24) is 19.7 Å². The minimum absolute atomic E-state index is 0.0467. The minimum atomic E-state index is -3.66. The molecule has 1 aliphatic heterocycles. The molecule has 0 unspecified atom stereocenters. The molecular weight excluding hydrogens is 428 g/mol. The number of aryl methyl sites for hydroxylation is 2. The molecule has 0 spiro atoms. The molecule has 9 heteroatoms. The molecule has 1 aliphatic carbocycles. The highest BCUT2D eigenvalue weighted by Crippen LogP contribution is 2.31. The van der Waals surface area contributed by atoms with Crippen LogP contribution in [0, 0.1) is 6.92 Å². The Labute approximate surface area is 190 Å². The summed E-state index contributed by atoms with van der Waals surface area (Å²) in [5.74, 6) is 0.532. The van der Waals surface area contributed by atoms with Gasteiger partial charge in [0.2, 0.25) is 10.0 Å². The Balaban J connectivity index is 1.30. The first-order valence-electron chi connectivity index (χ1n) is 11.7. The molecule has 32 heavy (non-hydrogen) atoms. The van der Waals surface area contributed by atoms with E-state index in [1.807, 2.05) is 11.6 Å². The number of aliphatic hydroxyl groups is 1. The van der Waals surface area contributed by atoms with Crippen LogP contribution in [-0.4, -0.2) is 53.4 Å². The van der Waals surface area contributed by atoms with Gasteiger partial charge in [-0.25, -0.2) is 13.1 Å². The minimum Gasteiger partial charge on any atom is -0.394 e. The van der Waals surface area contributed by atoms with Gasteiger partial charge in [0, 0.05) is 18.7 Å². The molecule has 2 N–H and O–H groups in total. The van der Waals surface area contributed by atoms with Crippen LogP contribution in [0.25, 0.3) is 0 Å². The van der Waals surface area contributed by atoms with Gasteiger partial charge in [-0.15, -0.1) is 5.10 Å². The summed E-state index contributed by atoms with van der Waals surface area (Å²) in [5.41, 5.74) is 2.09. The Morgan fingerprint density at radius 3 is 2.59 bits per heavy atom. The van der Waals surface area contributed by atoms with Crippen molar-refractivity contribution in [3.8, 4) is 0 Å². The van der Waals surface area contributed by atoms with Crippen molar-refractivity contribution in [3.05, 3.63) is 41.7 Å². The van der Waals surface area contributed by atoms with Crippen LogP contribution in [0.1, 0.15) is 68.5 Å². The Hall–Kier alpha value is -1.81. The van der Waals surface area contributed by atoms with Gasteiger partial charge in [-0.1, -0.05) is 42.2 Å². The molecule has 0 radical (unpaired) electrons. The average Bonchev–Trinajstić information content (AvgIpc) is 3.28. The van der Waals surface area contributed by atoms with Crippen LogP contribution in [0.15, 0.2) is 35.4 Å². The zero-order chi connectivity index (χ0) is 22.6. The zero-order valence-electron chi connectivity index (χ0n) is 18.7. The van der Waals surface area contributed by atoms with Crippen molar-refractivity contribution in [2.45, 2.75) is 93.9 Å². The van der Waals surface area contributed by atoms with E-state index >= 15 is 0 Å². The molecular formula is C23H34N4O4S. The number of nitrogens with zero attached hydrogens (tertiary/aromatic N) is 3. The molecule has 1 aromatic heterocycles. The van der Waals surface area contributed by atoms with Gasteiger partial charge in [-0.3, -0.25) is 4.68 Å². The first-order valence-corrected chi connectivity index (χ1v) is 13.2. The first-order chi connectivity index (χ1) is 15.4. The topological polar surface area (TPSA) is 106 Å². The van der Waals surface area contributed by atoms with Crippen LogP contribution in [0.3, 0.4) is 0 Å². The van der Waals surface area contributed by atoms with E-state index in [4.69, 9.17) is 4.74 Å². The summed E-state index contributed by atoms with van der Waals surface area (Å²) in [5, 5.41) is 18.5. The van der Waals surface area contributed by atoms with Crippen molar-refractivity contribution < 1.29 is 18.3 Å². The summed E-state index contributed by atoms with van der Waals surface area (Å²) < 4.78 is 36.1. The van der Waals surface area contributed by atoms with Gasteiger partial charge in [0.25, 0.3) is 0 Å². The summed E-state index contributed by atoms with van der Waals surface area (Å²) >= 11 is 0. The van der Waals surface area contributed by atoms with Crippen LogP contribution in [0.5, 0.6) is 0 Å². The number of benzene rings is 1. The van der Waals surface area contributed by atoms with Crippen LogP contribution in [0.4, 0.5) is 0 Å². The molecule has 1 aromatic carbocycles. The van der Waals surface area contributed by atoms with Crippen molar-refractivity contribution in [2.75, 3.05) is 6.61 Å². The van der Waals surface area contributed by atoms with Crippen LogP contribution in [0.2, 0.25) is 0 Å². The predicted molar refractivity (Wildman–Crippen MR) is 121 cm³/mol. The number of rotatable bonds is 8. The third kappa shape index (κ3) is 5.75. The summed E-state index contributed by atoms with van der Waals surface area (Å²) in [4.78, 5) is 0.224. The fourth-order valence-electron chi connectivity index (χ4n) is 4.75. The largest absolute Gasteiger partial charge is 0.394 e. The lowest BCUT2D eigenvalue weighted by Crippen LogP contribution is -2.50. The number of ether oxygens (including phenoxy) is 1. The Kier molecular flexibility index (Phi) is 7.60. The maximum Gasteiger partial charge on any atom is 0.240 e. The highest BCUT2D eigenvalue weighted by atomic mass is 32.2. The SMILES string of the molecule is Cc1ccc(S(=O)(=O)N[C@H]2CC[C@H](CCn3cc(C4CCCCC4)nn3)O[C@@H]2CO)cc1. The van der Waals surface area contributed by atoms with E-state index in [2.05, 4.69) is 21.2 Å². The first kappa shape index (κ1) is 23.4. The second kappa shape index (κ2) is 10.4. The number of sulfonamides is 1. The lowest BCUT2D eigenvalue weighted by atomic mass is 9.87. The second-order valence-corrected chi connectivity index (χ2v) is 10.8. The molecule has 1 saturated carbocycles. The molecule has 2 fully saturated rings. The molecule has 0 bridgehead atoms. The third-order valence-electron chi connectivity index (χ3n) is 6.69. The van der Waals surface area contributed by atoms with E-state index in [0.717, 1.165) is 24.1 Å². The Bertz CT molecular complexity index is 970. The average molecular weight is 463 g/mol. The summed E-state index contributed by atoms with van der Waals surface area (Å²) in [7, 11) is -3.66. The van der Waals surface area contributed by atoms with Gasteiger partial charge >= 0.3 is 0 Å². The van der Waals surface area contributed by atoms with E-state index in [9.17, 15) is 13.5 Å². The van der Waals surface area contributed by atoms with Crippen molar-refractivity contribution in [2.24, 2.45) is 0 Å². The highest BCUT2D eigenvalue weighted by Gasteiger charge is 2.34. The smallest absolute Gasteiger partial charge is 0.240 e. The summed E-state index contributed by atoms with van der Waals surface area (Å²) in [6, 6.07) is 6.28. The molecule has 2 aromatic rings. The van der Waals surface area contributed by atoms with Gasteiger partial charge < -0.3 is 9.84 Å². The van der Waals surface area contributed by atoms with E-state index in [0.29, 0.717) is 18.9 Å². The monoisotopic (exact) mass is 462 g/mol. The molecule has 4 rings (SSSR count). The maximum atomic E-state index is 12.7. The van der Waals surface area contributed by atoms with E-state index < -0.39 is 22.2 Å². The molecule has 8 nitrogen and oxygen atoms in total. The van der Waals surface area contributed by atoms with Crippen LogP contribution in [-0.2, 0) is 21.3 Å². The number of aromatic nitrogens is 3. The van der Waals surface area contributed by atoms with E-state index in [-0.39, 0.29) is 17.6 Å². The van der Waals surface area contributed by atoms with Gasteiger partial charge in [0.1, 0.15) is 0 Å². The standard InChI is InChI=1S/C23H34N4O4S/c1-17-7-10-20(11-8-17)32(29,30)25-21-12-9-19(31-23(21)16-28)13-14-27-15-22(24-26-27)18-5-3-2-4-6-18/h7-8,10-11,15,18-19,21,23,25,28H,2-6,9,12-14,16H2,1H3/t19-,21+,23-/m1/s1. The molecule has 176 valence electrons. The van der Waals surface area contributed by atoms with Gasteiger partial charge in [-0.05, 0) is 51.2 Å². The summed E-state index contributed by atoms with van der Waals surface area (Å²) in [6.45, 7) is 2.38. The highest BCUT2D eigenvalue weighted by molar-refractivity contribution is 7.89. The normalized spacial score (nSPS) is 25.1. The number of aliphatic hydroxyl groups excluding tert-OH is 1. The maximum absolute atomic E-state index is 12.7. The fourth-order valence-corrected chi connectivity index (χ4v) is 6.05. The van der Waals surface area contributed by atoms with E-state index in [1.54, 1.807) is 24.3 Å². The molecule has 0 amide bonds. The number of nitrogens with one attached hydrogen (secondary N) is 1. The van der Waals surface area contributed by atoms with Crippen molar-refractivity contribution in [3.63, 3.8) is 0 Å². The number of hydrogen-bond acceptors (Lipinski definition) is 6. The lowest BCUT2D eigenvalue weighted by Gasteiger charge is -2.36. The zero-order valence-corrected chi connectivity index (χ0v) is 19.5. The predicted octanol–water partition coefficient (Wildman–Crippen LogP) is 2.91. The second-order valence-electron chi connectivity index (χ2n) is 9.13. The number of hydrogen-bond donors (Lipinski definition) is 2. The van der Waals surface area contributed by atoms with Crippen LogP contribution < -0.4 is 4.72 Å². The Morgan fingerprint density at radius 1 is 1.12 bits per heavy atom. The third-order valence-corrected chi connectivity index (χ3v) is 8.20. The molecule has 3 atom stereocenters. The summed E-state index contributed by atoms with van der Waals surface area (Å²) in [6.07, 6.45) is 9.78. The van der Waals surface area contributed by atoms with Gasteiger partial charge in [-0.2, -0.15) is 0 Å². The molecule has 2 aliphatic rings. The van der Waals surface area contributed by atoms with Gasteiger partial charge in [0.05, 0.1) is 35.4 Å². The van der Waals surface area contributed by atoms with Crippen LogP contribution >= 0.6 is 0 Å². The fraction of sp³-hybridized carbons (Fsp3) is 0.652. The Morgan fingerprint density at radius 2 is 1.88 bits per heavy atom. The van der Waals surface area contributed by atoms with Crippen molar-refractivity contribution >= 4 is 10.0 Å². The molecule has 2 heterocycles. The van der Waals surface area contributed by atoms with Gasteiger partial charge in [0.15, 0.2) is 0 Å².